The van der Waals surface area contributed by atoms with E-state index in [1.165, 1.54) is 0 Å². The maximum Gasteiger partial charge on any atom is 0.307 e. The molecule has 168 valence electrons. The van der Waals surface area contributed by atoms with Crippen molar-refractivity contribution in [3.05, 3.63) is 83.4 Å². The summed E-state index contributed by atoms with van der Waals surface area (Å²) in [6.45, 7) is 0. The van der Waals surface area contributed by atoms with Crippen molar-refractivity contribution in [2.24, 2.45) is 11.8 Å². The van der Waals surface area contributed by atoms with Crippen LogP contribution in [0.3, 0.4) is 0 Å². The molecule has 0 radical (unpaired) electrons. The van der Waals surface area contributed by atoms with Crippen molar-refractivity contribution in [2.45, 2.75) is 19.3 Å². The number of nitrogens with one attached hydrogen (secondary N) is 2. The third kappa shape index (κ3) is 5.59. The van der Waals surface area contributed by atoms with Gasteiger partial charge in [0.25, 0.3) is 0 Å². The van der Waals surface area contributed by atoms with Gasteiger partial charge < -0.3 is 15.7 Å². The van der Waals surface area contributed by atoms with Gasteiger partial charge in [-0.05, 0) is 66.5 Å². The quantitative estimate of drug-likeness (QED) is 0.277. The highest BCUT2D eigenvalue weighted by atomic mass is 35.5. The Morgan fingerprint density at radius 3 is 2.09 bits per heavy atom. The van der Waals surface area contributed by atoms with Crippen LogP contribution in [-0.2, 0) is 4.79 Å². The Labute approximate surface area is 202 Å². The van der Waals surface area contributed by atoms with Gasteiger partial charge in [0.1, 0.15) is 0 Å². The lowest BCUT2D eigenvalue weighted by atomic mass is 9.88. The smallest absolute Gasteiger partial charge is 0.307 e. The van der Waals surface area contributed by atoms with E-state index in [1.54, 1.807) is 24.3 Å². The molecule has 1 aliphatic carbocycles. The van der Waals surface area contributed by atoms with E-state index in [0.29, 0.717) is 28.5 Å². The Bertz CT molecular complexity index is 1180. The third-order valence-electron chi connectivity index (χ3n) is 5.90. The molecule has 0 heterocycles. The maximum atomic E-state index is 12.8. The standard InChI is InChI=1S/C26H23ClN2O3S/c27-19-3-1-4-21(15-19)29-26(33)28-20-13-11-17(12-14-20)16-7-9-18(10-8-16)24(30)22-5-2-6-23(22)25(31)32/h1,3-4,7-15,22-23H,2,5-6H2,(H,31,32)(H2,28,29,33)/t22-,23-/m1/s1. The van der Waals surface area contributed by atoms with Crippen LogP contribution in [0.25, 0.3) is 11.1 Å². The van der Waals surface area contributed by atoms with Crippen molar-refractivity contribution in [3.63, 3.8) is 0 Å². The predicted molar refractivity (Wildman–Crippen MR) is 136 cm³/mol. The highest BCUT2D eigenvalue weighted by molar-refractivity contribution is 7.80. The summed E-state index contributed by atoms with van der Waals surface area (Å²) in [6, 6.07) is 22.5. The molecule has 3 N–H and O–H groups in total. The van der Waals surface area contributed by atoms with Crippen molar-refractivity contribution in [2.75, 3.05) is 10.6 Å². The molecule has 2 atom stereocenters. The van der Waals surface area contributed by atoms with Gasteiger partial charge in [-0.1, -0.05) is 60.5 Å². The van der Waals surface area contributed by atoms with Crippen LogP contribution in [0.4, 0.5) is 11.4 Å². The number of carboxylic acids is 1. The summed E-state index contributed by atoms with van der Waals surface area (Å²) in [5, 5.41) is 16.7. The lowest BCUT2D eigenvalue weighted by molar-refractivity contribution is -0.142. The number of carboxylic acid groups (broad SMARTS) is 1. The van der Waals surface area contributed by atoms with E-state index in [-0.39, 0.29) is 5.78 Å². The lowest BCUT2D eigenvalue weighted by Gasteiger charge is -2.15. The van der Waals surface area contributed by atoms with Crippen LogP contribution in [-0.4, -0.2) is 22.0 Å². The van der Waals surface area contributed by atoms with Crippen LogP contribution in [0.1, 0.15) is 29.6 Å². The second kappa shape index (κ2) is 10.1. The summed E-state index contributed by atoms with van der Waals surface area (Å²) < 4.78 is 0. The fourth-order valence-corrected chi connectivity index (χ4v) is 4.64. The van der Waals surface area contributed by atoms with Crippen molar-refractivity contribution in [1.29, 1.82) is 0 Å². The van der Waals surface area contributed by atoms with Crippen LogP contribution in [0.2, 0.25) is 5.02 Å². The Kier molecular flexibility index (Phi) is 7.06. The normalized spacial score (nSPS) is 17.4. The van der Waals surface area contributed by atoms with E-state index in [4.69, 9.17) is 23.8 Å². The summed E-state index contributed by atoms with van der Waals surface area (Å²) in [7, 11) is 0. The number of Topliss-reactive ketones (excluding diaryl/α,β-unsaturated/α-hetero) is 1. The lowest BCUT2D eigenvalue weighted by Crippen LogP contribution is -2.25. The Balaban J connectivity index is 1.39. The minimum Gasteiger partial charge on any atom is -0.481 e. The number of halogens is 1. The summed E-state index contributed by atoms with van der Waals surface area (Å²) >= 11 is 11.4. The number of hydrogen-bond acceptors (Lipinski definition) is 3. The number of carbonyl (C=O) groups excluding carboxylic acids is 1. The van der Waals surface area contributed by atoms with Crippen LogP contribution in [0.15, 0.2) is 72.8 Å². The van der Waals surface area contributed by atoms with E-state index in [9.17, 15) is 14.7 Å². The summed E-state index contributed by atoms with van der Waals surface area (Å²) in [5.41, 5.74) is 4.17. The van der Waals surface area contributed by atoms with Crippen molar-refractivity contribution < 1.29 is 14.7 Å². The highest BCUT2D eigenvalue weighted by Gasteiger charge is 2.37. The molecule has 1 saturated carbocycles. The third-order valence-corrected chi connectivity index (χ3v) is 6.34. The molecule has 5 nitrogen and oxygen atoms in total. The van der Waals surface area contributed by atoms with Crippen LogP contribution < -0.4 is 10.6 Å². The highest BCUT2D eigenvalue weighted by Crippen LogP contribution is 2.35. The maximum absolute atomic E-state index is 12.8. The number of thiocarbonyl (C=S) groups is 1. The van der Waals surface area contributed by atoms with E-state index >= 15 is 0 Å². The molecule has 1 aliphatic rings. The summed E-state index contributed by atoms with van der Waals surface area (Å²) in [5.74, 6) is -1.95. The molecular formula is C26H23ClN2O3S. The SMILES string of the molecule is O=C(O)[C@@H]1CCC[C@H]1C(=O)c1ccc(-c2ccc(NC(=S)Nc3cccc(Cl)c3)cc2)cc1. The van der Waals surface area contributed by atoms with Gasteiger partial charge in [-0.3, -0.25) is 9.59 Å². The predicted octanol–water partition coefficient (Wildman–Crippen LogP) is 6.50. The first-order valence-corrected chi connectivity index (χ1v) is 11.5. The Morgan fingerprint density at radius 1 is 0.848 bits per heavy atom. The zero-order valence-corrected chi connectivity index (χ0v) is 19.3. The monoisotopic (exact) mass is 478 g/mol. The molecule has 0 unspecified atom stereocenters. The topological polar surface area (TPSA) is 78.4 Å². The number of ketones is 1. The molecule has 33 heavy (non-hydrogen) atoms. The molecule has 3 aromatic carbocycles. The van der Waals surface area contributed by atoms with Crippen molar-refractivity contribution in [3.8, 4) is 11.1 Å². The molecule has 4 rings (SSSR count). The minimum absolute atomic E-state index is 0.0771. The first-order chi connectivity index (χ1) is 15.9. The van der Waals surface area contributed by atoms with Crippen molar-refractivity contribution in [1.82, 2.24) is 0 Å². The zero-order chi connectivity index (χ0) is 23.4. The van der Waals surface area contributed by atoms with Gasteiger partial charge in [-0.25, -0.2) is 0 Å². The van der Waals surface area contributed by atoms with E-state index in [1.807, 2.05) is 48.5 Å². The van der Waals surface area contributed by atoms with Gasteiger partial charge in [-0.15, -0.1) is 0 Å². The van der Waals surface area contributed by atoms with Gasteiger partial charge in [0.15, 0.2) is 10.9 Å². The average Bonchev–Trinajstić information content (AvgIpc) is 3.30. The number of benzene rings is 3. The number of rotatable bonds is 6. The second-order valence-electron chi connectivity index (χ2n) is 8.09. The molecule has 0 aromatic heterocycles. The van der Waals surface area contributed by atoms with Crippen LogP contribution in [0.5, 0.6) is 0 Å². The van der Waals surface area contributed by atoms with Gasteiger partial charge in [-0.2, -0.15) is 0 Å². The Morgan fingerprint density at radius 2 is 1.45 bits per heavy atom. The molecule has 0 bridgehead atoms. The molecule has 1 fully saturated rings. The van der Waals surface area contributed by atoms with E-state index < -0.39 is 17.8 Å². The molecule has 0 aliphatic heterocycles. The van der Waals surface area contributed by atoms with Crippen molar-refractivity contribution >= 4 is 52.1 Å². The molecular weight excluding hydrogens is 456 g/mol. The largest absolute Gasteiger partial charge is 0.481 e. The average molecular weight is 479 g/mol. The molecule has 3 aromatic rings. The fourth-order valence-electron chi connectivity index (χ4n) is 4.22. The summed E-state index contributed by atoms with van der Waals surface area (Å²) in [4.78, 5) is 24.2. The molecule has 0 spiro atoms. The number of carbonyl (C=O) groups is 2. The van der Waals surface area contributed by atoms with Crippen LogP contribution >= 0.6 is 23.8 Å². The number of hydrogen-bond donors (Lipinski definition) is 3. The van der Waals surface area contributed by atoms with Gasteiger partial charge >= 0.3 is 5.97 Å². The zero-order valence-electron chi connectivity index (χ0n) is 17.8. The Hall–Kier alpha value is -3.22. The minimum atomic E-state index is -0.876. The van der Waals surface area contributed by atoms with Crippen LogP contribution in [0, 0.1) is 11.8 Å². The first-order valence-electron chi connectivity index (χ1n) is 10.7. The van der Waals surface area contributed by atoms with Gasteiger partial charge in [0.2, 0.25) is 0 Å². The molecule has 0 amide bonds. The molecule has 0 saturated heterocycles. The molecule has 7 heteroatoms. The summed E-state index contributed by atoms with van der Waals surface area (Å²) in [6.07, 6.45) is 1.99. The first kappa shape index (κ1) is 23.0. The van der Waals surface area contributed by atoms with E-state index in [0.717, 1.165) is 28.9 Å². The number of anilines is 2. The van der Waals surface area contributed by atoms with E-state index in [2.05, 4.69) is 10.6 Å². The van der Waals surface area contributed by atoms with Gasteiger partial charge in [0, 0.05) is 27.9 Å². The fraction of sp³-hybridized carbons (Fsp3) is 0.192. The number of aliphatic carboxylic acids is 1. The second-order valence-corrected chi connectivity index (χ2v) is 8.94. The van der Waals surface area contributed by atoms with Gasteiger partial charge in [0.05, 0.1) is 5.92 Å².